The number of hydrogen-bond donors (Lipinski definition) is 1. The zero-order valence-electron chi connectivity index (χ0n) is 11.6. The Kier molecular flexibility index (Phi) is 2.76. The van der Waals surface area contributed by atoms with Crippen molar-refractivity contribution < 1.29 is 0 Å². The summed E-state index contributed by atoms with van der Waals surface area (Å²) in [6.45, 7) is 7.76. The van der Waals surface area contributed by atoms with E-state index in [4.69, 9.17) is 5.73 Å². The van der Waals surface area contributed by atoms with Gasteiger partial charge >= 0.3 is 0 Å². The molecule has 98 valence electrons. The second kappa shape index (κ2) is 4.07. The smallest absolute Gasteiger partial charge is 0.0360 e. The van der Waals surface area contributed by atoms with E-state index in [1.807, 2.05) is 0 Å². The molecule has 1 fully saturated rings. The van der Waals surface area contributed by atoms with Crippen LogP contribution in [-0.2, 0) is 13.0 Å². The van der Waals surface area contributed by atoms with Crippen LogP contribution in [0.2, 0.25) is 0 Å². The van der Waals surface area contributed by atoms with E-state index in [9.17, 15) is 0 Å². The highest BCUT2D eigenvalue weighted by Crippen LogP contribution is 2.56. The zero-order chi connectivity index (χ0) is 12.8. The highest BCUT2D eigenvalue weighted by molar-refractivity contribution is 5.30. The Morgan fingerprint density at radius 3 is 2.56 bits per heavy atom. The number of nitrogens with two attached hydrogens (primary N) is 1. The largest absolute Gasteiger partial charge is 0.329 e. The van der Waals surface area contributed by atoms with Crippen molar-refractivity contribution in [2.24, 2.45) is 11.1 Å². The summed E-state index contributed by atoms with van der Waals surface area (Å²) in [6.07, 6.45) is 3.83. The van der Waals surface area contributed by atoms with Crippen molar-refractivity contribution >= 4 is 0 Å². The average molecular weight is 244 g/mol. The van der Waals surface area contributed by atoms with Gasteiger partial charge in [-0.2, -0.15) is 0 Å². The first-order valence-electron chi connectivity index (χ1n) is 7.11. The van der Waals surface area contributed by atoms with Crippen LogP contribution in [0.1, 0.15) is 37.8 Å². The molecule has 0 bridgehead atoms. The fourth-order valence-electron chi connectivity index (χ4n) is 3.40. The normalized spacial score (nSPS) is 25.3. The molecule has 0 radical (unpaired) electrons. The quantitative estimate of drug-likeness (QED) is 0.885. The summed E-state index contributed by atoms with van der Waals surface area (Å²) in [5.41, 5.74) is 9.76. The molecule has 1 aliphatic carbocycles. The van der Waals surface area contributed by atoms with Crippen molar-refractivity contribution in [3.63, 3.8) is 0 Å². The molecule has 1 unspecified atom stereocenters. The summed E-state index contributed by atoms with van der Waals surface area (Å²) in [6, 6.07) is 8.85. The molecule has 1 aromatic carbocycles. The van der Waals surface area contributed by atoms with Crippen LogP contribution >= 0.6 is 0 Å². The molecule has 2 heteroatoms. The third-order valence-electron chi connectivity index (χ3n) is 5.53. The fraction of sp³-hybridized carbons (Fsp3) is 0.625. The van der Waals surface area contributed by atoms with E-state index in [0.29, 0.717) is 5.41 Å². The van der Waals surface area contributed by atoms with E-state index in [2.05, 4.69) is 43.0 Å². The molecule has 1 aromatic rings. The van der Waals surface area contributed by atoms with Crippen LogP contribution < -0.4 is 5.73 Å². The van der Waals surface area contributed by atoms with Gasteiger partial charge in [-0.3, -0.25) is 4.90 Å². The maximum atomic E-state index is 6.14. The van der Waals surface area contributed by atoms with E-state index < -0.39 is 0 Å². The van der Waals surface area contributed by atoms with Gasteiger partial charge in [0.1, 0.15) is 0 Å². The molecular weight excluding hydrogens is 220 g/mol. The van der Waals surface area contributed by atoms with Gasteiger partial charge in [0.25, 0.3) is 0 Å². The van der Waals surface area contributed by atoms with E-state index in [0.717, 1.165) is 19.6 Å². The second-order valence-electron chi connectivity index (χ2n) is 6.48. The van der Waals surface area contributed by atoms with E-state index in [1.165, 1.54) is 30.4 Å². The lowest BCUT2D eigenvalue weighted by Crippen LogP contribution is -2.58. The lowest BCUT2D eigenvalue weighted by atomic mass is 9.80. The summed E-state index contributed by atoms with van der Waals surface area (Å²) in [5, 5.41) is 0. The van der Waals surface area contributed by atoms with Crippen molar-refractivity contribution in [2.75, 3.05) is 13.1 Å². The van der Waals surface area contributed by atoms with Gasteiger partial charge in [0, 0.05) is 25.2 Å². The van der Waals surface area contributed by atoms with Gasteiger partial charge in [-0.25, -0.2) is 0 Å². The van der Waals surface area contributed by atoms with Crippen LogP contribution in [0, 0.1) is 5.41 Å². The van der Waals surface area contributed by atoms with Gasteiger partial charge in [0.2, 0.25) is 0 Å². The van der Waals surface area contributed by atoms with Crippen LogP contribution in [0.3, 0.4) is 0 Å². The minimum absolute atomic E-state index is 0.167. The summed E-state index contributed by atoms with van der Waals surface area (Å²) in [7, 11) is 0. The SMILES string of the molecule is CC1(C(C)(CN)N2CCc3ccccc3C2)CC1. The summed E-state index contributed by atoms with van der Waals surface area (Å²) >= 11 is 0. The van der Waals surface area contributed by atoms with Crippen molar-refractivity contribution in [2.45, 2.75) is 45.2 Å². The minimum Gasteiger partial charge on any atom is -0.329 e. The molecule has 3 rings (SSSR count). The molecule has 2 aliphatic rings. The Hall–Kier alpha value is -0.860. The third-order valence-corrected chi connectivity index (χ3v) is 5.53. The Bertz CT molecular complexity index is 450. The standard InChI is InChI=1S/C16H24N2/c1-15(8-9-15)16(2,12-17)18-10-7-13-5-3-4-6-14(13)11-18/h3-6H,7-12,17H2,1-2H3. The minimum atomic E-state index is 0.167. The van der Waals surface area contributed by atoms with Crippen molar-refractivity contribution in [1.82, 2.24) is 4.90 Å². The number of hydrogen-bond acceptors (Lipinski definition) is 2. The molecule has 2 N–H and O–H groups in total. The van der Waals surface area contributed by atoms with Gasteiger partial charge in [-0.1, -0.05) is 31.2 Å². The molecule has 0 amide bonds. The maximum absolute atomic E-state index is 6.14. The molecule has 1 saturated carbocycles. The van der Waals surface area contributed by atoms with Gasteiger partial charge in [0.15, 0.2) is 0 Å². The number of rotatable bonds is 3. The Balaban J connectivity index is 1.87. The molecule has 0 saturated heterocycles. The molecule has 0 spiro atoms. The van der Waals surface area contributed by atoms with Crippen LogP contribution in [0.5, 0.6) is 0 Å². The zero-order valence-corrected chi connectivity index (χ0v) is 11.6. The highest BCUT2D eigenvalue weighted by atomic mass is 15.2. The van der Waals surface area contributed by atoms with E-state index >= 15 is 0 Å². The topological polar surface area (TPSA) is 29.3 Å². The predicted octanol–water partition coefficient (Wildman–Crippen LogP) is 2.56. The van der Waals surface area contributed by atoms with Crippen LogP contribution in [0.25, 0.3) is 0 Å². The monoisotopic (exact) mass is 244 g/mol. The number of benzene rings is 1. The number of fused-ring (bicyclic) bond motifs is 1. The lowest BCUT2D eigenvalue weighted by Gasteiger charge is -2.47. The number of nitrogens with zero attached hydrogens (tertiary/aromatic N) is 1. The van der Waals surface area contributed by atoms with Gasteiger partial charge < -0.3 is 5.73 Å². The third kappa shape index (κ3) is 1.70. The van der Waals surface area contributed by atoms with Gasteiger partial charge in [-0.15, -0.1) is 0 Å². The predicted molar refractivity (Wildman–Crippen MR) is 75.4 cm³/mol. The van der Waals surface area contributed by atoms with Crippen molar-refractivity contribution in [3.05, 3.63) is 35.4 Å². The molecule has 0 aromatic heterocycles. The van der Waals surface area contributed by atoms with E-state index in [-0.39, 0.29) is 5.54 Å². The Morgan fingerprint density at radius 2 is 1.94 bits per heavy atom. The lowest BCUT2D eigenvalue weighted by molar-refractivity contribution is 0.0354. The summed E-state index contributed by atoms with van der Waals surface area (Å²) in [5.74, 6) is 0. The highest BCUT2D eigenvalue weighted by Gasteiger charge is 2.55. The summed E-state index contributed by atoms with van der Waals surface area (Å²) in [4.78, 5) is 2.63. The summed E-state index contributed by atoms with van der Waals surface area (Å²) < 4.78 is 0. The molecule has 1 heterocycles. The molecule has 2 nitrogen and oxygen atoms in total. The molecule has 1 aliphatic heterocycles. The van der Waals surface area contributed by atoms with E-state index in [1.54, 1.807) is 0 Å². The molecule has 18 heavy (non-hydrogen) atoms. The Labute approximate surface area is 110 Å². The molecule has 1 atom stereocenters. The first-order chi connectivity index (χ1) is 8.59. The first-order valence-corrected chi connectivity index (χ1v) is 7.11. The maximum Gasteiger partial charge on any atom is 0.0360 e. The first kappa shape index (κ1) is 12.2. The average Bonchev–Trinajstić information content (AvgIpc) is 3.17. The van der Waals surface area contributed by atoms with Crippen molar-refractivity contribution in [3.8, 4) is 0 Å². The van der Waals surface area contributed by atoms with Gasteiger partial charge in [-0.05, 0) is 42.7 Å². The van der Waals surface area contributed by atoms with Crippen LogP contribution in [-0.4, -0.2) is 23.5 Å². The van der Waals surface area contributed by atoms with Crippen LogP contribution in [0.4, 0.5) is 0 Å². The van der Waals surface area contributed by atoms with Crippen molar-refractivity contribution in [1.29, 1.82) is 0 Å². The molecular formula is C16H24N2. The Morgan fingerprint density at radius 1 is 1.28 bits per heavy atom. The van der Waals surface area contributed by atoms with Gasteiger partial charge in [0.05, 0.1) is 0 Å². The fourth-order valence-corrected chi connectivity index (χ4v) is 3.40. The van der Waals surface area contributed by atoms with Crippen LogP contribution in [0.15, 0.2) is 24.3 Å². The second-order valence-corrected chi connectivity index (χ2v) is 6.48.